The predicted molar refractivity (Wildman–Crippen MR) is 146 cm³/mol. The van der Waals surface area contributed by atoms with E-state index in [1.807, 2.05) is 109 Å². The number of hydrogen-bond donors (Lipinski definition) is 1. The van der Waals surface area contributed by atoms with Crippen LogP contribution in [0.15, 0.2) is 109 Å². The van der Waals surface area contributed by atoms with Crippen LogP contribution in [0.1, 0.15) is 47.4 Å². The van der Waals surface area contributed by atoms with Gasteiger partial charge in [-0.15, -0.1) is 0 Å². The van der Waals surface area contributed by atoms with Crippen LogP contribution in [0.3, 0.4) is 0 Å². The van der Waals surface area contributed by atoms with E-state index < -0.39 is 5.41 Å². The molecule has 37 heavy (non-hydrogen) atoms. The number of likely N-dealkylation sites (tertiary alicyclic amines) is 1. The molecular weight excluding hydrogens is 458 g/mol. The number of carbonyl (C=O) groups is 2. The fourth-order valence-corrected chi connectivity index (χ4v) is 5.14. The highest BCUT2D eigenvalue weighted by atomic mass is 16.2. The molecule has 1 aliphatic heterocycles. The molecule has 0 unspecified atom stereocenters. The number of aromatic nitrogens is 1. The van der Waals surface area contributed by atoms with E-state index in [9.17, 15) is 9.59 Å². The molecule has 5 heteroatoms. The maximum atomic E-state index is 13.8. The first kappa shape index (κ1) is 24.4. The van der Waals surface area contributed by atoms with Crippen LogP contribution in [0, 0.1) is 0 Å². The summed E-state index contributed by atoms with van der Waals surface area (Å²) >= 11 is 0. The first-order valence-corrected chi connectivity index (χ1v) is 12.8. The molecule has 5 nitrogen and oxygen atoms in total. The molecule has 2 amide bonds. The highest BCUT2D eigenvalue weighted by Gasteiger charge is 2.44. The van der Waals surface area contributed by atoms with Crippen molar-refractivity contribution in [3.8, 4) is 11.1 Å². The molecule has 2 heterocycles. The average molecular weight is 490 g/mol. The van der Waals surface area contributed by atoms with Gasteiger partial charge in [0.25, 0.3) is 5.91 Å². The quantitative estimate of drug-likeness (QED) is 0.372. The van der Waals surface area contributed by atoms with Gasteiger partial charge in [0.1, 0.15) is 5.69 Å². The first-order valence-electron chi connectivity index (χ1n) is 12.8. The summed E-state index contributed by atoms with van der Waals surface area (Å²) < 4.78 is 0. The molecule has 3 aromatic carbocycles. The van der Waals surface area contributed by atoms with Crippen LogP contribution in [0.2, 0.25) is 0 Å². The molecule has 5 rings (SSSR count). The minimum absolute atomic E-state index is 0.00694. The Kier molecular flexibility index (Phi) is 7.13. The average Bonchev–Trinajstić information content (AvgIpc) is 2.98. The van der Waals surface area contributed by atoms with Crippen LogP contribution in [-0.2, 0) is 10.2 Å². The third-order valence-electron chi connectivity index (χ3n) is 7.40. The van der Waals surface area contributed by atoms with Crippen LogP contribution < -0.4 is 5.32 Å². The van der Waals surface area contributed by atoms with Crippen molar-refractivity contribution in [2.75, 3.05) is 13.1 Å². The Labute approximate surface area is 218 Å². The number of nitrogens with one attached hydrogen (secondary N) is 1. The summed E-state index contributed by atoms with van der Waals surface area (Å²) in [5, 5.41) is 3.25. The lowest BCUT2D eigenvalue weighted by Crippen LogP contribution is -2.53. The third-order valence-corrected chi connectivity index (χ3v) is 7.40. The molecule has 1 fully saturated rings. The van der Waals surface area contributed by atoms with Crippen LogP contribution in [0.5, 0.6) is 0 Å². The van der Waals surface area contributed by atoms with Gasteiger partial charge in [0.15, 0.2) is 0 Å². The Morgan fingerprint density at radius 1 is 0.784 bits per heavy atom. The van der Waals surface area contributed by atoms with E-state index in [0.717, 1.165) is 22.3 Å². The molecule has 1 aromatic heterocycles. The zero-order valence-corrected chi connectivity index (χ0v) is 21.0. The molecule has 0 aliphatic carbocycles. The van der Waals surface area contributed by atoms with Crippen molar-refractivity contribution in [1.82, 2.24) is 15.2 Å². The van der Waals surface area contributed by atoms with Crippen LogP contribution >= 0.6 is 0 Å². The molecule has 0 saturated carbocycles. The predicted octanol–water partition coefficient (Wildman–Crippen LogP) is 5.80. The maximum absolute atomic E-state index is 13.8. The van der Waals surface area contributed by atoms with Gasteiger partial charge in [-0.05, 0) is 42.5 Å². The molecular formula is C32H31N3O2. The number of pyridine rings is 1. The number of amides is 2. The number of nitrogens with zero attached hydrogens (tertiary/aromatic N) is 2. The fraction of sp³-hybridized carbons (Fsp3) is 0.219. The van der Waals surface area contributed by atoms with Crippen molar-refractivity contribution in [3.05, 3.63) is 126 Å². The van der Waals surface area contributed by atoms with Gasteiger partial charge in [0.05, 0.1) is 11.5 Å². The lowest BCUT2D eigenvalue weighted by atomic mass is 9.71. The zero-order valence-electron chi connectivity index (χ0n) is 21.0. The van der Waals surface area contributed by atoms with Crippen molar-refractivity contribution < 1.29 is 9.59 Å². The smallest absolute Gasteiger partial charge is 0.272 e. The van der Waals surface area contributed by atoms with E-state index in [2.05, 4.69) is 10.3 Å². The number of piperidine rings is 1. The van der Waals surface area contributed by atoms with E-state index >= 15 is 0 Å². The van der Waals surface area contributed by atoms with Gasteiger partial charge in [-0.2, -0.15) is 0 Å². The molecule has 0 radical (unpaired) electrons. The van der Waals surface area contributed by atoms with Crippen LogP contribution in [0.25, 0.3) is 11.1 Å². The highest BCUT2D eigenvalue weighted by Crippen LogP contribution is 2.37. The van der Waals surface area contributed by atoms with Gasteiger partial charge in [0, 0.05) is 24.8 Å². The summed E-state index contributed by atoms with van der Waals surface area (Å²) in [5.74, 6) is -0.0909. The monoisotopic (exact) mass is 489 g/mol. The molecule has 186 valence electrons. The number of hydrogen-bond acceptors (Lipinski definition) is 3. The lowest BCUT2D eigenvalue weighted by Gasteiger charge is -2.41. The summed E-state index contributed by atoms with van der Waals surface area (Å²) in [4.78, 5) is 33.4. The summed E-state index contributed by atoms with van der Waals surface area (Å²) in [5.41, 5.74) is 3.83. The Morgan fingerprint density at radius 2 is 1.38 bits per heavy atom. The second-order valence-corrected chi connectivity index (χ2v) is 9.64. The normalized spacial score (nSPS) is 15.5. The number of benzene rings is 3. The van der Waals surface area contributed by atoms with Crippen LogP contribution in [0.4, 0.5) is 0 Å². The Balaban J connectivity index is 1.32. The summed E-state index contributed by atoms with van der Waals surface area (Å²) in [6, 6.07) is 33.5. The zero-order chi connectivity index (χ0) is 25.7. The third kappa shape index (κ3) is 5.17. The van der Waals surface area contributed by atoms with Crippen molar-refractivity contribution in [3.63, 3.8) is 0 Å². The van der Waals surface area contributed by atoms with Crippen molar-refractivity contribution in [2.24, 2.45) is 0 Å². The molecule has 0 spiro atoms. The van der Waals surface area contributed by atoms with Crippen molar-refractivity contribution in [1.29, 1.82) is 0 Å². The van der Waals surface area contributed by atoms with E-state index in [0.29, 0.717) is 31.6 Å². The van der Waals surface area contributed by atoms with Gasteiger partial charge in [-0.1, -0.05) is 97.1 Å². The maximum Gasteiger partial charge on any atom is 0.272 e. The summed E-state index contributed by atoms with van der Waals surface area (Å²) in [6.07, 6.45) is 2.86. The first-order chi connectivity index (χ1) is 18.1. The van der Waals surface area contributed by atoms with E-state index in [1.54, 1.807) is 12.3 Å². The minimum atomic E-state index is -0.689. The lowest BCUT2D eigenvalue weighted by molar-refractivity contribution is -0.129. The van der Waals surface area contributed by atoms with E-state index in [4.69, 9.17) is 0 Å². The second kappa shape index (κ2) is 10.8. The standard InChI is InChI=1S/C32H31N3O2/c1-24(25-11-5-2-6-12-25)34-31(37)32(28-15-9-4-10-16-28)19-21-35(22-20-32)30(36)29-18-17-27(23-33-29)26-13-7-3-8-14-26/h2-18,23-24H,19-22H2,1H3,(H,34,37)/t24-/m0/s1. The van der Waals surface area contributed by atoms with Gasteiger partial charge in [-0.25, -0.2) is 0 Å². The van der Waals surface area contributed by atoms with Gasteiger partial charge < -0.3 is 10.2 Å². The largest absolute Gasteiger partial charge is 0.349 e. The summed E-state index contributed by atoms with van der Waals surface area (Å²) in [7, 11) is 0. The molecule has 0 bridgehead atoms. The molecule has 1 N–H and O–H groups in total. The SMILES string of the molecule is C[C@H](NC(=O)C1(c2ccccc2)CCN(C(=O)c2ccc(-c3ccccc3)cn2)CC1)c1ccccc1. The molecule has 1 aliphatic rings. The van der Waals surface area contributed by atoms with Gasteiger partial charge in [-0.3, -0.25) is 14.6 Å². The van der Waals surface area contributed by atoms with Crippen LogP contribution in [-0.4, -0.2) is 34.8 Å². The summed E-state index contributed by atoms with van der Waals surface area (Å²) in [6.45, 7) is 2.99. The highest BCUT2D eigenvalue weighted by molar-refractivity contribution is 5.93. The topological polar surface area (TPSA) is 62.3 Å². The van der Waals surface area contributed by atoms with E-state index in [1.165, 1.54) is 0 Å². The second-order valence-electron chi connectivity index (χ2n) is 9.64. The minimum Gasteiger partial charge on any atom is -0.349 e. The van der Waals surface area contributed by atoms with Crippen molar-refractivity contribution in [2.45, 2.75) is 31.2 Å². The van der Waals surface area contributed by atoms with Crippen molar-refractivity contribution >= 4 is 11.8 Å². The molecule has 1 saturated heterocycles. The van der Waals surface area contributed by atoms with Gasteiger partial charge >= 0.3 is 0 Å². The van der Waals surface area contributed by atoms with Gasteiger partial charge in [0.2, 0.25) is 5.91 Å². The number of rotatable bonds is 6. The van der Waals surface area contributed by atoms with E-state index in [-0.39, 0.29) is 17.9 Å². The number of carbonyl (C=O) groups excluding carboxylic acids is 2. The Morgan fingerprint density at radius 3 is 1.97 bits per heavy atom. The fourth-order valence-electron chi connectivity index (χ4n) is 5.14. The Hall–Kier alpha value is -4.25. The Bertz CT molecular complexity index is 1330. The molecule has 4 aromatic rings. The molecule has 1 atom stereocenters.